The molecule has 0 fully saturated rings. The zero-order valence-corrected chi connectivity index (χ0v) is 16.9. The topological polar surface area (TPSA) is 67.1 Å². The van der Waals surface area contributed by atoms with E-state index in [9.17, 15) is 0 Å². The molecule has 0 radical (unpaired) electrons. The lowest BCUT2D eigenvalue weighted by atomic mass is 10.1. The van der Waals surface area contributed by atoms with Crippen LogP contribution in [0.3, 0.4) is 0 Å². The standard InChI is InChI=1S/C21H25ClN6/c1-3-23-21(25-11-10-17-4-7-19(22)8-5-17)27-15-18-6-9-20(26-14-18)28-13-12-24-16(28)2/h4-9,12-14H,3,10-11,15H2,1-2H3,(H2,23,25,27). The second-order valence-corrected chi connectivity index (χ2v) is 6.80. The van der Waals surface area contributed by atoms with Gasteiger partial charge in [-0.05, 0) is 49.6 Å². The molecule has 2 heterocycles. The Labute approximate surface area is 170 Å². The number of pyridine rings is 1. The lowest BCUT2D eigenvalue weighted by Crippen LogP contribution is -2.38. The van der Waals surface area contributed by atoms with Crippen LogP contribution in [0.15, 0.2) is 60.0 Å². The number of hydrogen-bond acceptors (Lipinski definition) is 3. The summed E-state index contributed by atoms with van der Waals surface area (Å²) >= 11 is 5.93. The van der Waals surface area contributed by atoms with E-state index in [1.807, 2.05) is 60.3 Å². The number of guanidine groups is 1. The number of nitrogens with one attached hydrogen (secondary N) is 2. The molecule has 0 aliphatic carbocycles. The van der Waals surface area contributed by atoms with Gasteiger partial charge in [-0.15, -0.1) is 0 Å². The van der Waals surface area contributed by atoms with Crippen LogP contribution in [0.1, 0.15) is 23.9 Å². The molecule has 0 aliphatic rings. The lowest BCUT2D eigenvalue weighted by molar-refractivity contribution is 0.799. The highest BCUT2D eigenvalue weighted by Crippen LogP contribution is 2.10. The van der Waals surface area contributed by atoms with E-state index in [-0.39, 0.29) is 0 Å². The van der Waals surface area contributed by atoms with Crippen LogP contribution < -0.4 is 10.6 Å². The van der Waals surface area contributed by atoms with Crippen molar-refractivity contribution in [2.75, 3.05) is 13.1 Å². The fourth-order valence-corrected chi connectivity index (χ4v) is 2.89. The quantitative estimate of drug-likeness (QED) is 0.473. The van der Waals surface area contributed by atoms with Crippen molar-refractivity contribution in [3.8, 4) is 5.82 Å². The van der Waals surface area contributed by atoms with Crippen molar-refractivity contribution in [1.82, 2.24) is 25.2 Å². The summed E-state index contributed by atoms with van der Waals surface area (Å²) in [7, 11) is 0. The molecule has 0 bridgehead atoms. The maximum absolute atomic E-state index is 5.93. The Morgan fingerprint density at radius 1 is 1.07 bits per heavy atom. The van der Waals surface area contributed by atoms with E-state index in [1.165, 1.54) is 5.56 Å². The third-order valence-corrected chi connectivity index (χ3v) is 4.52. The maximum atomic E-state index is 5.93. The first kappa shape index (κ1) is 19.9. The second-order valence-electron chi connectivity index (χ2n) is 6.37. The molecular weight excluding hydrogens is 372 g/mol. The van der Waals surface area contributed by atoms with E-state index >= 15 is 0 Å². The van der Waals surface area contributed by atoms with Gasteiger partial charge in [0, 0.05) is 36.7 Å². The molecule has 2 N–H and O–H groups in total. The predicted octanol–water partition coefficient (Wildman–Crippen LogP) is 3.53. The van der Waals surface area contributed by atoms with Gasteiger partial charge < -0.3 is 10.6 Å². The van der Waals surface area contributed by atoms with Crippen LogP contribution in [0.4, 0.5) is 0 Å². The first-order valence-corrected chi connectivity index (χ1v) is 9.75. The third-order valence-electron chi connectivity index (χ3n) is 4.27. The summed E-state index contributed by atoms with van der Waals surface area (Å²) < 4.78 is 1.95. The highest BCUT2D eigenvalue weighted by Gasteiger charge is 2.03. The van der Waals surface area contributed by atoms with Crippen molar-refractivity contribution in [2.45, 2.75) is 26.8 Å². The van der Waals surface area contributed by atoms with Crippen LogP contribution in [0.25, 0.3) is 5.82 Å². The number of aliphatic imine (C=N–C) groups is 1. The third kappa shape index (κ3) is 5.57. The van der Waals surface area contributed by atoms with Crippen molar-refractivity contribution < 1.29 is 0 Å². The Kier molecular flexibility index (Phi) is 7.03. The molecular formula is C21H25ClN6. The predicted molar refractivity (Wildman–Crippen MR) is 114 cm³/mol. The highest BCUT2D eigenvalue weighted by molar-refractivity contribution is 6.30. The number of aryl methyl sites for hydroxylation is 1. The first-order chi connectivity index (χ1) is 13.7. The van der Waals surface area contributed by atoms with Gasteiger partial charge in [0.15, 0.2) is 5.96 Å². The van der Waals surface area contributed by atoms with Crippen molar-refractivity contribution in [2.24, 2.45) is 4.99 Å². The van der Waals surface area contributed by atoms with E-state index in [1.54, 1.807) is 6.20 Å². The minimum Gasteiger partial charge on any atom is -0.357 e. The van der Waals surface area contributed by atoms with E-state index in [0.29, 0.717) is 6.54 Å². The SMILES string of the molecule is CCNC(=NCc1ccc(-n2ccnc2C)nc1)NCCc1ccc(Cl)cc1. The molecule has 0 spiro atoms. The van der Waals surface area contributed by atoms with Gasteiger partial charge >= 0.3 is 0 Å². The van der Waals surface area contributed by atoms with Crippen LogP contribution in [0.5, 0.6) is 0 Å². The van der Waals surface area contributed by atoms with Crippen LogP contribution in [0, 0.1) is 6.92 Å². The van der Waals surface area contributed by atoms with Gasteiger partial charge in [0.05, 0.1) is 6.54 Å². The van der Waals surface area contributed by atoms with Crippen LogP contribution in [-0.4, -0.2) is 33.6 Å². The molecule has 0 saturated carbocycles. The summed E-state index contributed by atoms with van der Waals surface area (Å²) in [5, 5.41) is 7.40. The van der Waals surface area contributed by atoms with E-state index < -0.39 is 0 Å². The number of hydrogen-bond donors (Lipinski definition) is 2. The van der Waals surface area contributed by atoms with Crippen molar-refractivity contribution in [3.63, 3.8) is 0 Å². The zero-order chi connectivity index (χ0) is 19.8. The Hall–Kier alpha value is -2.86. The normalized spacial score (nSPS) is 11.5. The average molecular weight is 397 g/mol. The molecule has 0 atom stereocenters. The molecule has 0 aliphatic heterocycles. The van der Waals surface area contributed by atoms with Crippen molar-refractivity contribution >= 4 is 17.6 Å². The number of rotatable bonds is 7. The first-order valence-electron chi connectivity index (χ1n) is 9.37. The molecule has 1 aromatic carbocycles. The van der Waals surface area contributed by atoms with Crippen LogP contribution in [0.2, 0.25) is 5.02 Å². The Morgan fingerprint density at radius 2 is 1.86 bits per heavy atom. The van der Waals surface area contributed by atoms with E-state index in [0.717, 1.165) is 47.7 Å². The van der Waals surface area contributed by atoms with Gasteiger partial charge in [-0.1, -0.05) is 29.8 Å². The number of nitrogens with zero attached hydrogens (tertiary/aromatic N) is 4. The van der Waals surface area contributed by atoms with Gasteiger partial charge in [-0.3, -0.25) is 4.57 Å². The summed E-state index contributed by atoms with van der Waals surface area (Å²) in [6.45, 7) is 6.18. The van der Waals surface area contributed by atoms with E-state index in [2.05, 4.69) is 32.5 Å². The summed E-state index contributed by atoms with van der Waals surface area (Å²) in [6, 6.07) is 12.0. The van der Waals surface area contributed by atoms with Crippen LogP contribution in [-0.2, 0) is 13.0 Å². The Bertz CT molecular complexity index is 899. The summed E-state index contributed by atoms with van der Waals surface area (Å²) in [5.41, 5.74) is 2.29. The number of aromatic nitrogens is 3. The monoisotopic (exact) mass is 396 g/mol. The fraction of sp³-hybridized carbons (Fsp3) is 0.286. The molecule has 6 nitrogen and oxygen atoms in total. The number of imidazole rings is 1. The molecule has 146 valence electrons. The van der Waals surface area contributed by atoms with Gasteiger partial charge in [-0.2, -0.15) is 0 Å². The fourth-order valence-electron chi connectivity index (χ4n) is 2.76. The van der Waals surface area contributed by atoms with Gasteiger partial charge in [0.1, 0.15) is 11.6 Å². The molecule has 0 amide bonds. The smallest absolute Gasteiger partial charge is 0.191 e. The molecule has 3 rings (SSSR count). The second kappa shape index (κ2) is 9.90. The minimum atomic E-state index is 0.562. The van der Waals surface area contributed by atoms with Gasteiger partial charge in [0.2, 0.25) is 0 Å². The molecule has 7 heteroatoms. The van der Waals surface area contributed by atoms with Crippen molar-refractivity contribution in [1.29, 1.82) is 0 Å². The number of halogens is 1. The summed E-state index contributed by atoms with van der Waals surface area (Å²) in [6.07, 6.45) is 6.44. The van der Waals surface area contributed by atoms with Crippen LogP contribution >= 0.6 is 11.6 Å². The Balaban J connectivity index is 1.56. The molecule has 28 heavy (non-hydrogen) atoms. The molecule has 3 aromatic rings. The maximum Gasteiger partial charge on any atom is 0.191 e. The molecule has 0 unspecified atom stereocenters. The highest BCUT2D eigenvalue weighted by atomic mass is 35.5. The zero-order valence-electron chi connectivity index (χ0n) is 16.2. The van der Waals surface area contributed by atoms with E-state index in [4.69, 9.17) is 11.6 Å². The number of benzene rings is 1. The summed E-state index contributed by atoms with van der Waals surface area (Å²) in [5.74, 6) is 2.57. The molecule has 0 saturated heterocycles. The van der Waals surface area contributed by atoms with Gasteiger partial charge in [-0.25, -0.2) is 15.0 Å². The Morgan fingerprint density at radius 3 is 2.50 bits per heavy atom. The minimum absolute atomic E-state index is 0.562. The lowest BCUT2D eigenvalue weighted by Gasteiger charge is -2.11. The largest absolute Gasteiger partial charge is 0.357 e. The molecule has 2 aromatic heterocycles. The average Bonchev–Trinajstić information content (AvgIpc) is 3.14. The summed E-state index contributed by atoms with van der Waals surface area (Å²) in [4.78, 5) is 13.4. The van der Waals surface area contributed by atoms with Gasteiger partial charge in [0.25, 0.3) is 0 Å². The van der Waals surface area contributed by atoms with Crippen molar-refractivity contribution in [3.05, 3.63) is 77.0 Å².